The van der Waals surface area contributed by atoms with Crippen LogP contribution < -0.4 is 10.4 Å². The summed E-state index contributed by atoms with van der Waals surface area (Å²) < 4.78 is 17.3. The second-order valence-corrected chi connectivity index (χ2v) is 4.42. The van der Waals surface area contributed by atoms with Gasteiger partial charge in [0.1, 0.15) is 28.7 Å². The van der Waals surface area contributed by atoms with Crippen molar-refractivity contribution < 1.29 is 24.1 Å². The van der Waals surface area contributed by atoms with Gasteiger partial charge in [0.2, 0.25) is 5.43 Å². The molecule has 1 heterocycles. The van der Waals surface area contributed by atoms with Gasteiger partial charge < -0.3 is 14.6 Å². The van der Waals surface area contributed by atoms with E-state index < -0.39 is 5.43 Å². The number of benzene rings is 2. The fourth-order valence-electron chi connectivity index (χ4n) is 2.10. The van der Waals surface area contributed by atoms with Gasteiger partial charge in [0.15, 0.2) is 5.75 Å². The van der Waals surface area contributed by atoms with Gasteiger partial charge in [0, 0.05) is 16.7 Å². The summed E-state index contributed by atoms with van der Waals surface area (Å²) in [6.07, 6.45) is 1.22. The number of halogens is 1. The van der Waals surface area contributed by atoms with Crippen molar-refractivity contribution in [1.82, 2.24) is 0 Å². The lowest BCUT2D eigenvalue weighted by Gasteiger charge is -2.05. The molecule has 0 radical (unpaired) electrons. The zero-order chi connectivity index (χ0) is 15.0. The highest BCUT2D eigenvalue weighted by Crippen LogP contribution is 2.29. The number of phenols is 2. The van der Waals surface area contributed by atoms with Crippen molar-refractivity contribution in [2.45, 2.75) is 0 Å². The monoisotopic (exact) mass is 288 g/mol. The van der Waals surface area contributed by atoms with Crippen molar-refractivity contribution in [2.75, 3.05) is 0 Å². The first-order valence-electron chi connectivity index (χ1n) is 5.96. The van der Waals surface area contributed by atoms with Crippen molar-refractivity contribution in [2.24, 2.45) is 0 Å². The van der Waals surface area contributed by atoms with E-state index in [1.54, 1.807) is 0 Å². The Kier molecular flexibility index (Phi) is 2.98. The smallest absolute Gasteiger partial charge is 0.204 e. The number of hydrogen-bond acceptors (Lipinski definition) is 5. The van der Waals surface area contributed by atoms with E-state index in [4.69, 9.17) is 4.42 Å². The van der Waals surface area contributed by atoms with Gasteiger partial charge in [-0.15, -0.1) is 0 Å². The first-order chi connectivity index (χ1) is 10.1. The van der Waals surface area contributed by atoms with E-state index >= 15 is 0 Å². The zero-order valence-corrected chi connectivity index (χ0v) is 10.5. The quantitative estimate of drug-likeness (QED) is 0.757. The number of rotatable bonds is 2. The lowest BCUT2D eigenvalue weighted by atomic mass is 10.0. The van der Waals surface area contributed by atoms with Gasteiger partial charge in [-0.05, 0) is 17.7 Å². The first kappa shape index (κ1) is 13.0. The highest BCUT2D eigenvalue weighted by molar-refractivity contribution is 5.87. The molecule has 0 unspecified atom stereocenters. The highest BCUT2D eigenvalue weighted by atomic mass is 19.3. The maximum Gasteiger partial charge on any atom is 0.204 e. The average Bonchev–Trinajstić information content (AvgIpc) is 2.47. The van der Waals surface area contributed by atoms with Crippen LogP contribution in [-0.4, -0.2) is 10.2 Å². The van der Waals surface area contributed by atoms with Crippen LogP contribution in [0, 0.1) is 0 Å². The molecule has 0 spiro atoms. The molecule has 0 fully saturated rings. The summed E-state index contributed by atoms with van der Waals surface area (Å²) in [5.74, 6) is -0.568. The van der Waals surface area contributed by atoms with Gasteiger partial charge in [-0.3, -0.25) is 9.74 Å². The van der Waals surface area contributed by atoms with Crippen LogP contribution in [0.4, 0.5) is 4.53 Å². The highest BCUT2D eigenvalue weighted by Gasteiger charge is 2.13. The molecule has 0 bridgehead atoms. The minimum atomic E-state index is -0.456. The molecule has 3 aromatic rings. The first-order valence-corrected chi connectivity index (χ1v) is 5.96. The molecule has 3 rings (SSSR count). The van der Waals surface area contributed by atoms with Gasteiger partial charge in [-0.25, -0.2) is 0 Å². The topological polar surface area (TPSA) is 79.9 Å². The molecule has 106 valence electrons. The molecule has 21 heavy (non-hydrogen) atoms. The molecular weight excluding hydrogens is 279 g/mol. The van der Waals surface area contributed by atoms with Crippen molar-refractivity contribution in [1.29, 1.82) is 0 Å². The Morgan fingerprint density at radius 2 is 1.81 bits per heavy atom. The molecule has 5 nitrogen and oxygen atoms in total. The molecule has 0 atom stereocenters. The Bertz CT molecular complexity index is 868. The number of fused-ring (bicyclic) bond motifs is 1. The summed E-state index contributed by atoms with van der Waals surface area (Å²) in [5.41, 5.74) is 0.306. The molecule has 2 aromatic carbocycles. The minimum Gasteiger partial charge on any atom is -0.508 e. The van der Waals surface area contributed by atoms with Crippen LogP contribution in [0.25, 0.3) is 22.1 Å². The predicted molar refractivity (Wildman–Crippen MR) is 73.0 cm³/mol. The van der Waals surface area contributed by atoms with Crippen LogP contribution in [0.2, 0.25) is 0 Å². The van der Waals surface area contributed by atoms with Gasteiger partial charge in [-0.1, -0.05) is 12.1 Å². The third kappa shape index (κ3) is 2.16. The number of aromatic hydroxyl groups is 2. The van der Waals surface area contributed by atoms with E-state index in [0.29, 0.717) is 5.56 Å². The summed E-state index contributed by atoms with van der Waals surface area (Å²) in [5, 5.41) is 19.1. The molecule has 6 heteroatoms. The third-order valence-electron chi connectivity index (χ3n) is 3.10. The van der Waals surface area contributed by atoms with Gasteiger partial charge >= 0.3 is 0 Å². The van der Waals surface area contributed by atoms with Gasteiger partial charge in [-0.2, -0.15) is 0 Å². The molecule has 0 aliphatic heterocycles. The molecular formula is C15H9FO5. The van der Waals surface area contributed by atoms with Gasteiger partial charge in [0.25, 0.3) is 0 Å². The van der Waals surface area contributed by atoms with Crippen LogP contribution in [-0.2, 0) is 0 Å². The van der Waals surface area contributed by atoms with Crippen molar-refractivity contribution in [3.05, 3.63) is 52.9 Å². The molecule has 2 N–H and O–H groups in total. The van der Waals surface area contributed by atoms with Crippen LogP contribution in [0.3, 0.4) is 0 Å². The molecule has 0 aliphatic carbocycles. The lowest BCUT2D eigenvalue weighted by molar-refractivity contribution is -0.00618. The third-order valence-corrected chi connectivity index (χ3v) is 3.10. The Hall–Kier alpha value is -3.02. The maximum absolute atomic E-state index is 12.4. The van der Waals surface area contributed by atoms with Crippen LogP contribution in [0.5, 0.6) is 17.2 Å². The second-order valence-electron chi connectivity index (χ2n) is 4.42. The summed E-state index contributed by atoms with van der Waals surface area (Å²) in [4.78, 5) is 16.0. The van der Waals surface area contributed by atoms with E-state index in [0.717, 1.165) is 6.07 Å². The maximum atomic E-state index is 12.4. The van der Waals surface area contributed by atoms with Crippen LogP contribution in [0.1, 0.15) is 0 Å². The van der Waals surface area contributed by atoms with E-state index in [2.05, 4.69) is 4.94 Å². The predicted octanol–water partition coefficient (Wildman–Crippen LogP) is 3.13. The van der Waals surface area contributed by atoms with E-state index in [1.807, 2.05) is 0 Å². The van der Waals surface area contributed by atoms with E-state index in [1.165, 1.54) is 36.6 Å². The molecule has 0 saturated carbocycles. The van der Waals surface area contributed by atoms with Crippen LogP contribution in [0.15, 0.2) is 51.9 Å². The molecule has 0 saturated heterocycles. The van der Waals surface area contributed by atoms with E-state index in [9.17, 15) is 19.5 Å². The number of phenolic OH excluding ortho intramolecular Hbond substituents is 2. The Balaban J connectivity index is 2.24. The second kappa shape index (κ2) is 4.82. The van der Waals surface area contributed by atoms with Gasteiger partial charge in [0.05, 0.1) is 5.56 Å². The lowest BCUT2D eigenvalue weighted by Crippen LogP contribution is -2.04. The Morgan fingerprint density at radius 1 is 1.10 bits per heavy atom. The summed E-state index contributed by atoms with van der Waals surface area (Å²) >= 11 is 0. The molecule has 0 aliphatic rings. The minimum absolute atomic E-state index is 0.0108. The normalized spacial score (nSPS) is 10.7. The molecule has 1 aromatic heterocycles. The summed E-state index contributed by atoms with van der Waals surface area (Å²) in [7, 11) is 0. The Morgan fingerprint density at radius 3 is 2.48 bits per heavy atom. The fourth-order valence-corrected chi connectivity index (χ4v) is 2.10. The zero-order valence-electron chi connectivity index (χ0n) is 10.5. The largest absolute Gasteiger partial charge is 0.508 e. The standard InChI is InChI=1S/C15H9FO5/c16-21-10-3-1-8(2-4-10)11-7-20-13-6-9(17)5-12(18)14(13)15(11)19/h1-7,17-18H. The summed E-state index contributed by atoms with van der Waals surface area (Å²) in [6, 6.07) is 7.99. The molecule has 0 amide bonds. The van der Waals surface area contributed by atoms with Crippen molar-refractivity contribution >= 4 is 11.0 Å². The number of hydrogen-bond donors (Lipinski definition) is 2. The van der Waals surface area contributed by atoms with Crippen molar-refractivity contribution in [3.8, 4) is 28.4 Å². The fraction of sp³-hybridized carbons (Fsp3) is 0. The summed E-state index contributed by atoms with van der Waals surface area (Å²) in [6.45, 7) is 0. The Labute approximate surface area is 117 Å². The van der Waals surface area contributed by atoms with E-state index in [-0.39, 0.29) is 33.8 Å². The SMILES string of the molecule is O=c1c(-c2ccc(OF)cc2)coc2cc(O)cc(O)c12. The van der Waals surface area contributed by atoms with Crippen molar-refractivity contribution in [3.63, 3.8) is 0 Å². The average molecular weight is 288 g/mol. The van der Waals surface area contributed by atoms with Crippen LogP contribution >= 0.6 is 0 Å².